The molecule has 8 heteroatoms. The SMILES string of the molecule is Nc1ccn(CCN2CCS[C@@H]2COC(=O)c2ccccc2)c(=O)n1. The van der Waals surface area contributed by atoms with Gasteiger partial charge in [0.1, 0.15) is 12.4 Å². The number of rotatable bonds is 6. The quantitative estimate of drug-likeness (QED) is 0.770. The molecule has 1 atom stereocenters. The molecule has 1 saturated heterocycles. The highest BCUT2D eigenvalue weighted by Gasteiger charge is 2.26. The molecule has 0 spiro atoms. The van der Waals surface area contributed by atoms with Crippen LogP contribution in [0.15, 0.2) is 47.4 Å². The van der Waals surface area contributed by atoms with Crippen molar-refractivity contribution in [2.45, 2.75) is 11.9 Å². The van der Waals surface area contributed by atoms with Crippen LogP contribution in [0.25, 0.3) is 0 Å². The Morgan fingerprint density at radius 3 is 2.84 bits per heavy atom. The van der Waals surface area contributed by atoms with Gasteiger partial charge < -0.3 is 10.5 Å². The Hall–Kier alpha value is -2.32. The van der Waals surface area contributed by atoms with Crippen LogP contribution in [-0.4, -0.2) is 51.2 Å². The van der Waals surface area contributed by atoms with E-state index in [0.29, 0.717) is 25.3 Å². The van der Waals surface area contributed by atoms with Gasteiger partial charge >= 0.3 is 11.7 Å². The van der Waals surface area contributed by atoms with Gasteiger partial charge in [0.2, 0.25) is 0 Å². The summed E-state index contributed by atoms with van der Waals surface area (Å²) in [5.41, 5.74) is 5.70. The summed E-state index contributed by atoms with van der Waals surface area (Å²) in [6.07, 6.45) is 1.65. The van der Waals surface area contributed by atoms with Crippen molar-refractivity contribution in [2.75, 3.05) is 31.2 Å². The van der Waals surface area contributed by atoms with Gasteiger partial charge in [0.15, 0.2) is 0 Å². The van der Waals surface area contributed by atoms with Crippen LogP contribution >= 0.6 is 11.8 Å². The number of hydrogen-bond acceptors (Lipinski definition) is 7. The summed E-state index contributed by atoms with van der Waals surface area (Å²) < 4.78 is 6.97. The third-order valence-corrected chi connectivity index (χ3v) is 5.22. The number of carbonyl (C=O) groups is 1. The molecule has 0 unspecified atom stereocenters. The van der Waals surface area contributed by atoms with Gasteiger partial charge in [-0.3, -0.25) is 9.47 Å². The van der Waals surface area contributed by atoms with E-state index in [0.717, 1.165) is 12.3 Å². The number of aromatic nitrogens is 2. The van der Waals surface area contributed by atoms with Gasteiger partial charge in [-0.25, -0.2) is 9.59 Å². The standard InChI is InChI=1S/C17H20N4O3S/c18-14-6-7-21(17(23)19-14)9-8-20-10-11-25-15(20)12-24-16(22)13-4-2-1-3-5-13/h1-7,15H,8-12H2,(H2,18,19,23)/t15-/m1/s1. The number of hydrogen-bond donors (Lipinski definition) is 1. The third kappa shape index (κ3) is 4.61. The predicted molar refractivity (Wildman–Crippen MR) is 97.5 cm³/mol. The molecule has 1 fully saturated rings. The van der Waals surface area contributed by atoms with Crippen LogP contribution in [0, 0.1) is 0 Å². The first-order valence-corrected chi connectivity index (χ1v) is 9.09. The zero-order valence-corrected chi connectivity index (χ0v) is 14.5. The Kier molecular flexibility index (Phi) is 5.72. The second kappa shape index (κ2) is 8.17. The minimum Gasteiger partial charge on any atom is -0.460 e. The topological polar surface area (TPSA) is 90.5 Å². The number of benzene rings is 1. The fourth-order valence-corrected chi connectivity index (χ4v) is 3.82. The van der Waals surface area contributed by atoms with Crippen molar-refractivity contribution in [1.29, 1.82) is 0 Å². The molecule has 7 nitrogen and oxygen atoms in total. The Morgan fingerprint density at radius 1 is 1.28 bits per heavy atom. The van der Waals surface area contributed by atoms with E-state index in [-0.39, 0.29) is 22.9 Å². The van der Waals surface area contributed by atoms with Gasteiger partial charge in [-0.05, 0) is 18.2 Å². The zero-order chi connectivity index (χ0) is 17.6. The van der Waals surface area contributed by atoms with Crippen molar-refractivity contribution in [3.63, 3.8) is 0 Å². The molecule has 3 rings (SSSR count). The van der Waals surface area contributed by atoms with Crippen molar-refractivity contribution < 1.29 is 9.53 Å². The third-order valence-electron chi connectivity index (χ3n) is 3.99. The Morgan fingerprint density at radius 2 is 2.08 bits per heavy atom. The molecule has 0 saturated carbocycles. The molecular formula is C17H20N4O3S. The number of nitrogens with two attached hydrogens (primary N) is 1. The Balaban J connectivity index is 1.52. The molecular weight excluding hydrogens is 340 g/mol. The van der Waals surface area contributed by atoms with E-state index in [1.54, 1.807) is 36.2 Å². The van der Waals surface area contributed by atoms with Crippen LogP contribution in [0.1, 0.15) is 10.4 Å². The van der Waals surface area contributed by atoms with E-state index in [2.05, 4.69) is 9.88 Å². The summed E-state index contributed by atoms with van der Waals surface area (Å²) in [5.74, 6) is 0.887. The molecule has 2 N–H and O–H groups in total. The first-order valence-electron chi connectivity index (χ1n) is 8.04. The minimum atomic E-state index is -0.348. The lowest BCUT2D eigenvalue weighted by atomic mass is 10.2. The van der Waals surface area contributed by atoms with Crippen molar-refractivity contribution in [3.05, 3.63) is 58.6 Å². The largest absolute Gasteiger partial charge is 0.460 e. The first-order chi connectivity index (χ1) is 12.1. The van der Waals surface area contributed by atoms with Crippen LogP contribution in [0.4, 0.5) is 5.82 Å². The number of carbonyl (C=O) groups excluding carboxylic acids is 1. The second-order valence-corrected chi connectivity index (χ2v) is 6.94. The fourth-order valence-electron chi connectivity index (χ4n) is 2.62. The number of thioether (sulfide) groups is 1. The summed E-state index contributed by atoms with van der Waals surface area (Å²) in [6, 6.07) is 10.6. The van der Waals surface area contributed by atoms with E-state index in [1.165, 1.54) is 4.57 Å². The first kappa shape index (κ1) is 17.5. The molecule has 2 heterocycles. The molecule has 25 heavy (non-hydrogen) atoms. The highest BCUT2D eigenvalue weighted by Crippen LogP contribution is 2.24. The average Bonchev–Trinajstić information content (AvgIpc) is 3.07. The van der Waals surface area contributed by atoms with Gasteiger partial charge in [-0.1, -0.05) is 18.2 Å². The van der Waals surface area contributed by atoms with Crippen LogP contribution in [0.3, 0.4) is 0 Å². The van der Waals surface area contributed by atoms with Crippen molar-refractivity contribution in [1.82, 2.24) is 14.5 Å². The highest BCUT2D eigenvalue weighted by atomic mass is 32.2. The lowest BCUT2D eigenvalue weighted by molar-refractivity contribution is 0.0446. The van der Waals surface area contributed by atoms with Crippen molar-refractivity contribution >= 4 is 23.5 Å². The molecule has 0 amide bonds. The average molecular weight is 360 g/mol. The van der Waals surface area contributed by atoms with E-state index < -0.39 is 0 Å². The normalized spacial score (nSPS) is 17.5. The van der Waals surface area contributed by atoms with E-state index in [4.69, 9.17) is 10.5 Å². The van der Waals surface area contributed by atoms with E-state index in [9.17, 15) is 9.59 Å². The number of esters is 1. The maximum absolute atomic E-state index is 12.0. The summed E-state index contributed by atoms with van der Waals surface area (Å²) in [5, 5.41) is 0.102. The number of anilines is 1. The number of ether oxygens (including phenoxy) is 1. The minimum absolute atomic E-state index is 0.102. The van der Waals surface area contributed by atoms with E-state index >= 15 is 0 Å². The Labute approximate surface area is 149 Å². The van der Waals surface area contributed by atoms with Gasteiger partial charge in [-0.15, -0.1) is 11.8 Å². The fraction of sp³-hybridized carbons (Fsp3) is 0.353. The summed E-state index contributed by atoms with van der Waals surface area (Å²) in [7, 11) is 0. The summed E-state index contributed by atoms with van der Waals surface area (Å²) in [4.78, 5) is 29.8. The lowest BCUT2D eigenvalue weighted by Crippen LogP contribution is -2.37. The molecule has 0 bridgehead atoms. The highest BCUT2D eigenvalue weighted by molar-refractivity contribution is 8.00. The van der Waals surface area contributed by atoms with Gasteiger partial charge in [0.05, 0.1) is 10.9 Å². The smallest absolute Gasteiger partial charge is 0.349 e. The van der Waals surface area contributed by atoms with Crippen LogP contribution in [0.2, 0.25) is 0 Å². The molecule has 2 aromatic rings. The van der Waals surface area contributed by atoms with Gasteiger partial charge in [-0.2, -0.15) is 4.98 Å². The van der Waals surface area contributed by atoms with E-state index in [1.807, 2.05) is 18.2 Å². The van der Waals surface area contributed by atoms with Crippen LogP contribution < -0.4 is 11.4 Å². The summed E-state index contributed by atoms with van der Waals surface area (Å²) in [6.45, 7) is 2.44. The lowest BCUT2D eigenvalue weighted by Gasteiger charge is -2.23. The second-order valence-electron chi connectivity index (χ2n) is 5.65. The monoisotopic (exact) mass is 360 g/mol. The van der Waals surface area contributed by atoms with Crippen LogP contribution in [0.5, 0.6) is 0 Å². The molecule has 1 aliphatic rings. The summed E-state index contributed by atoms with van der Waals surface area (Å²) >= 11 is 1.76. The maximum atomic E-state index is 12.0. The molecule has 0 aliphatic carbocycles. The zero-order valence-electron chi connectivity index (χ0n) is 13.7. The number of nitrogens with zero attached hydrogens (tertiary/aromatic N) is 3. The number of nitrogen functional groups attached to an aromatic ring is 1. The van der Waals surface area contributed by atoms with Crippen LogP contribution in [-0.2, 0) is 11.3 Å². The molecule has 1 aromatic heterocycles. The molecule has 1 aliphatic heterocycles. The molecule has 0 radical (unpaired) electrons. The van der Waals surface area contributed by atoms with Crippen molar-refractivity contribution in [2.24, 2.45) is 0 Å². The predicted octanol–water partition coefficient (Wildman–Crippen LogP) is 1.06. The van der Waals surface area contributed by atoms with Gasteiger partial charge in [0.25, 0.3) is 0 Å². The van der Waals surface area contributed by atoms with Gasteiger partial charge in [0, 0.05) is 31.6 Å². The van der Waals surface area contributed by atoms with Crippen molar-refractivity contribution in [3.8, 4) is 0 Å². The maximum Gasteiger partial charge on any atom is 0.349 e. The molecule has 132 valence electrons. The molecule has 1 aromatic carbocycles. The Bertz CT molecular complexity index is 781.